The van der Waals surface area contributed by atoms with Gasteiger partial charge in [-0.1, -0.05) is 35.5 Å². The molecular formula is C23H25FN6O3S. The fraction of sp³-hybridized carbons (Fsp3) is 0.304. The Morgan fingerprint density at radius 3 is 2.62 bits per heavy atom. The number of thiocarbonyl (C=S) groups is 1. The largest absolute Gasteiger partial charge is 0.474 e. The van der Waals surface area contributed by atoms with Gasteiger partial charge in [0.25, 0.3) is 11.1 Å². The van der Waals surface area contributed by atoms with Crippen LogP contribution in [0.3, 0.4) is 0 Å². The van der Waals surface area contributed by atoms with E-state index in [1.54, 1.807) is 47.5 Å². The molecule has 0 bridgehead atoms. The molecule has 2 heterocycles. The Morgan fingerprint density at radius 2 is 1.94 bits per heavy atom. The molecule has 0 unspecified atom stereocenters. The molecule has 2 aromatic carbocycles. The first-order chi connectivity index (χ1) is 16.5. The van der Waals surface area contributed by atoms with Crippen LogP contribution in [0.4, 0.5) is 10.1 Å². The summed E-state index contributed by atoms with van der Waals surface area (Å²) >= 11 is 4.93. The van der Waals surface area contributed by atoms with E-state index in [9.17, 15) is 14.3 Å². The molecule has 1 aliphatic heterocycles. The van der Waals surface area contributed by atoms with Crippen molar-refractivity contribution in [1.29, 1.82) is 0 Å². The number of carbonyl (C=O) groups excluding carboxylic acids is 1. The van der Waals surface area contributed by atoms with Crippen LogP contribution in [-0.4, -0.2) is 69.4 Å². The number of methoxy groups -OCH3 is 1. The lowest BCUT2D eigenvalue weighted by Crippen LogP contribution is -2.50. The van der Waals surface area contributed by atoms with Crippen LogP contribution in [0.15, 0.2) is 54.7 Å². The number of aliphatic hydroxyl groups is 1. The topological polar surface area (TPSA) is 95.8 Å². The van der Waals surface area contributed by atoms with Crippen molar-refractivity contribution >= 4 is 29.0 Å². The van der Waals surface area contributed by atoms with Crippen LogP contribution in [-0.2, 0) is 16.1 Å². The Bertz CT molecular complexity index is 1150. The third kappa shape index (κ3) is 5.32. The molecule has 0 spiro atoms. The lowest BCUT2D eigenvalue weighted by Gasteiger charge is -2.37. The van der Waals surface area contributed by atoms with Crippen LogP contribution in [0, 0.1) is 5.82 Å². The molecule has 1 fully saturated rings. The summed E-state index contributed by atoms with van der Waals surface area (Å²) in [4.78, 5) is 16.2. The molecule has 1 atom stereocenters. The van der Waals surface area contributed by atoms with Crippen LogP contribution < -0.4 is 10.2 Å². The Hall–Kier alpha value is -3.57. The molecule has 178 valence electrons. The summed E-state index contributed by atoms with van der Waals surface area (Å²) in [6.07, 6.45) is 0.485. The van der Waals surface area contributed by atoms with Crippen LogP contribution in [0.1, 0.15) is 17.4 Å². The van der Waals surface area contributed by atoms with Crippen molar-refractivity contribution in [1.82, 2.24) is 25.2 Å². The maximum absolute atomic E-state index is 15.0. The van der Waals surface area contributed by atoms with Gasteiger partial charge in [-0.2, -0.15) is 0 Å². The second-order valence-electron chi connectivity index (χ2n) is 7.76. The maximum Gasteiger partial charge on any atom is 0.256 e. The minimum Gasteiger partial charge on any atom is -0.474 e. The first kappa shape index (κ1) is 23.6. The number of ether oxygens (including phenoxy) is 1. The summed E-state index contributed by atoms with van der Waals surface area (Å²) in [7, 11) is 1.47. The Morgan fingerprint density at radius 1 is 1.21 bits per heavy atom. The summed E-state index contributed by atoms with van der Waals surface area (Å²) in [6, 6.07) is 13.7. The highest BCUT2D eigenvalue weighted by molar-refractivity contribution is 7.80. The number of hydrogen-bond acceptors (Lipinski definition) is 7. The minimum atomic E-state index is -1.20. The number of aromatic nitrogens is 3. The standard InChI is InChI=1S/C23H25FN6O3S/c1-33-23(34)25-14-17-15-30(27-26-17)18-7-8-20(19(24)13-18)28-9-11-29(12-10-28)22(32)21(31)16-5-3-2-4-6-16/h2-8,13,15,21,31H,9-12,14H2,1H3,(H,25,34)/t21-/m1/s1. The van der Waals surface area contributed by atoms with Gasteiger partial charge in [0.1, 0.15) is 11.5 Å². The van der Waals surface area contributed by atoms with E-state index in [4.69, 9.17) is 17.0 Å². The van der Waals surface area contributed by atoms with Crippen molar-refractivity contribution in [3.8, 4) is 5.69 Å². The van der Waals surface area contributed by atoms with Gasteiger partial charge >= 0.3 is 0 Å². The summed E-state index contributed by atoms with van der Waals surface area (Å²) in [6.45, 7) is 2.05. The lowest BCUT2D eigenvalue weighted by atomic mass is 10.1. The summed E-state index contributed by atoms with van der Waals surface area (Å²) < 4.78 is 21.3. The van der Waals surface area contributed by atoms with Crippen molar-refractivity contribution in [2.45, 2.75) is 12.6 Å². The van der Waals surface area contributed by atoms with Gasteiger partial charge in [0.15, 0.2) is 6.10 Å². The zero-order valence-corrected chi connectivity index (χ0v) is 19.4. The average molecular weight is 485 g/mol. The van der Waals surface area contributed by atoms with Crippen molar-refractivity contribution in [2.24, 2.45) is 0 Å². The Labute approximate surface area is 201 Å². The number of halogens is 1. The fourth-order valence-electron chi connectivity index (χ4n) is 3.75. The molecule has 1 aromatic heterocycles. The molecule has 1 aliphatic rings. The number of anilines is 1. The monoisotopic (exact) mass is 484 g/mol. The number of nitrogens with one attached hydrogen (secondary N) is 1. The third-order valence-electron chi connectivity index (χ3n) is 5.62. The van der Waals surface area contributed by atoms with E-state index < -0.39 is 11.9 Å². The minimum absolute atomic E-state index is 0.251. The van der Waals surface area contributed by atoms with E-state index in [0.717, 1.165) is 0 Å². The summed E-state index contributed by atoms with van der Waals surface area (Å²) in [5.74, 6) is -0.734. The zero-order valence-electron chi connectivity index (χ0n) is 18.6. The second kappa shape index (κ2) is 10.6. The number of nitrogens with zero attached hydrogens (tertiary/aromatic N) is 5. The number of hydrogen-bond donors (Lipinski definition) is 2. The van der Waals surface area contributed by atoms with Gasteiger partial charge < -0.3 is 25.0 Å². The van der Waals surface area contributed by atoms with Gasteiger partial charge in [0.2, 0.25) is 0 Å². The quantitative estimate of drug-likeness (QED) is 0.512. The zero-order chi connectivity index (χ0) is 24.1. The van der Waals surface area contributed by atoms with E-state index in [2.05, 4.69) is 15.6 Å². The van der Waals surface area contributed by atoms with Crippen LogP contribution in [0.25, 0.3) is 5.69 Å². The molecule has 1 saturated heterocycles. The fourth-order valence-corrected chi connectivity index (χ4v) is 3.83. The number of benzene rings is 2. The van der Waals surface area contributed by atoms with Crippen LogP contribution >= 0.6 is 12.2 Å². The SMILES string of the molecule is COC(=S)NCc1cn(-c2ccc(N3CCN(C(=O)[C@H](O)c4ccccc4)CC3)c(F)c2)nn1. The molecule has 1 amide bonds. The van der Waals surface area contributed by atoms with Crippen molar-refractivity contribution in [3.63, 3.8) is 0 Å². The Balaban J connectivity index is 1.36. The van der Waals surface area contributed by atoms with Gasteiger partial charge in [-0.3, -0.25) is 4.79 Å². The van der Waals surface area contributed by atoms with E-state index >= 15 is 0 Å². The molecule has 9 nitrogen and oxygen atoms in total. The molecule has 3 aromatic rings. The van der Waals surface area contributed by atoms with Crippen LogP contribution in [0.2, 0.25) is 0 Å². The number of carbonyl (C=O) groups is 1. The van der Waals surface area contributed by atoms with Gasteiger partial charge in [0, 0.05) is 32.2 Å². The van der Waals surface area contributed by atoms with E-state index in [1.807, 2.05) is 11.0 Å². The highest BCUT2D eigenvalue weighted by atomic mass is 32.1. The van der Waals surface area contributed by atoms with E-state index in [0.29, 0.717) is 55.4 Å². The molecule has 0 saturated carbocycles. The van der Waals surface area contributed by atoms with Gasteiger partial charge in [-0.25, -0.2) is 9.07 Å². The predicted molar refractivity (Wildman–Crippen MR) is 128 cm³/mol. The molecule has 4 rings (SSSR count). The summed E-state index contributed by atoms with van der Waals surface area (Å²) in [5.41, 5.74) is 2.17. The lowest BCUT2D eigenvalue weighted by molar-refractivity contribution is -0.140. The average Bonchev–Trinajstić information content (AvgIpc) is 3.36. The van der Waals surface area contributed by atoms with Crippen molar-refractivity contribution in [2.75, 3.05) is 38.2 Å². The molecule has 0 radical (unpaired) electrons. The molecule has 34 heavy (non-hydrogen) atoms. The maximum atomic E-state index is 15.0. The second-order valence-corrected chi connectivity index (χ2v) is 8.13. The first-order valence-electron chi connectivity index (χ1n) is 10.8. The van der Waals surface area contributed by atoms with Gasteiger partial charge in [-0.15, -0.1) is 5.10 Å². The third-order valence-corrected chi connectivity index (χ3v) is 5.93. The number of rotatable bonds is 6. The Kier molecular flexibility index (Phi) is 7.33. The van der Waals surface area contributed by atoms with Gasteiger partial charge in [-0.05, 0) is 29.9 Å². The van der Waals surface area contributed by atoms with Crippen molar-refractivity contribution < 1.29 is 19.0 Å². The smallest absolute Gasteiger partial charge is 0.256 e. The summed E-state index contributed by atoms with van der Waals surface area (Å²) in [5, 5.41) is 21.6. The molecular weight excluding hydrogens is 459 g/mol. The highest BCUT2D eigenvalue weighted by Crippen LogP contribution is 2.24. The molecule has 2 N–H and O–H groups in total. The van der Waals surface area contributed by atoms with E-state index in [1.165, 1.54) is 17.9 Å². The molecule has 11 heteroatoms. The number of amides is 1. The number of aliphatic hydroxyl groups excluding tert-OH is 1. The van der Waals surface area contributed by atoms with Gasteiger partial charge in [0.05, 0.1) is 31.2 Å². The first-order valence-corrected chi connectivity index (χ1v) is 11.2. The predicted octanol–water partition coefficient (Wildman–Crippen LogP) is 1.81. The number of piperazine rings is 1. The normalized spacial score (nSPS) is 14.6. The molecule has 0 aliphatic carbocycles. The van der Waals surface area contributed by atoms with E-state index in [-0.39, 0.29) is 11.1 Å². The van der Waals surface area contributed by atoms with Crippen LogP contribution in [0.5, 0.6) is 0 Å². The van der Waals surface area contributed by atoms with Crippen molar-refractivity contribution in [3.05, 3.63) is 71.8 Å². The highest BCUT2D eigenvalue weighted by Gasteiger charge is 2.28.